The fraction of sp³-hybridized carbons (Fsp3) is 0.654. The van der Waals surface area contributed by atoms with E-state index in [-0.39, 0.29) is 17.4 Å². The molecule has 0 saturated heterocycles. The van der Waals surface area contributed by atoms with Gasteiger partial charge in [0, 0.05) is 6.04 Å². The van der Waals surface area contributed by atoms with E-state index in [1.165, 1.54) is 0 Å². The fourth-order valence-corrected chi connectivity index (χ4v) is 11.3. The maximum atomic E-state index is 13.8. The molecule has 0 spiro atoms. The van der Waals surface area contributed by atoms with Crippen LogP contribution in [0.3, 0.4) is 0 Å². The molecule has 0 saturated carbocycles. The number of esters is 1. The van der Waals surface area contributed by atoms with E-state index in [0.29, 0.717) is 23.0 Å². The van der Waals surface area contributed by atoms with Crippen molar-refractivity contribution >= 4 is 24.1 Å². The third-order valence-electron chi connectivity index (χ3n) is 6.36. The largest absolute Gasteiger partial charge is 0.464 e. The van der Waals surface area contributed by atoms with E-state index < -0.39 is 30.1 Å². The maximum Gasteiger partial charge on any atom is 0.330 e. The summed E-state index contributed by atoms with van der Waals surface area (Å²) >= 11 is 0. The van der Waals surface area contributed by atoms with Crippen molar-refractivity contribution in [1.82, 2.24) is 4.31 Å². The normalized spacial score (nSPS) is 13.3. The minimum Gasteiger partial charge on any atom is -0.464 e. The summed E-state index contributed by atoms with van der Waals surface area (Å²) in [7, 11) is -6.28. The van der Waals surface area contributed by atoms with Crippen molar-refractivity contribution < 1.29 is 17.9 Å². The van der Waals surface area contributed by atoms with Gasteiger partial charge in [-0.2, -0.15) is 0 Å². The van der Waals surface area contributed by atoms with Crippen LogP contribution in [0, 0.1) is 24.4 Å². The first-order valence-corrected chi connectivity index (χ1v) is 15.7. The number of rotatable bonds is 10. The second-order valence-electron chi connectivity index (χ2n) is 10.1. The average molecular weight is 494 g/mol. The summed E-state index contributed by atoms with van der Waals surface area (Å²) in [4.78, 5) is 13.1. The third-order valence-corrected chi connectivity index (χ3v) is 14.4. The lowest BCUT2D eigenvalue weighted by atomic mass is 10.0. The molecule has 0 N–H and O–H groups in total. The number of sulfonamides is 1. The Kier molecular flexibility index (Phi) is 10.7. The number of aryl methyl sites for hydroxylation is 1. The Hall–Kier alpha value is -1.78. The Bertz CT molecular complexity index is 919. The summed E-state index contributed by atoms with van der Waals surface area (Å²) in [5, 5.41) is 0. The Morgan fingerprint density at radius 2 is 1.45 bits per heavy atom. The van der Waals surface area contributed by atoms with Crippen molar-refractivity contribution in [3.63, 3.8) is 0 Å². The Balaban J connectivity index is 3.84. The summed E-state index contributed by atoms with van der Waals surface area (Å²) in [5.41, 5.74) is 5.46. The van der Waals surface area contributed by atoms with E-state index in [1.54, 1.807) is 31.2 Å². The van der Waals surface area contributed by atoms with Crippen molar-refractivity contribution in [2.75, 3.05) is 6.61 Å². The minimum atomic E-state index is -4.04. The second kappa shape index (κ2) is 12.1. The van der Waals surface area contributed by atoms with Gasteiger partial charge in [0.2, 0.25) is 0 Å². The molecule has 1 rings (SSSR count). The van der Waals surface area contributed by atoms with Crippen LogP contribution in [0.4, 0.5) is 0 Å². The van der Waals surface area contributed by atoms with Gasteiger partial charge in [0.15, 0.2) is 6.04 Å². The van der Waals surface area contributed by atoms with E-state index in [1.807, 2.05) is 20.8 Å². The lowest BCUT2D eigenvalue weighted by Crippen LogP contribution is -2.46. The third kappa shape index (κ3) is 6.86. The van der Waals surface area contributed by atoms with Crippen LogP contribution in [0.5, 0.6) is 0 Å². The first-order chi connectivity index (χ1) is 15.2. The molecule has 0 unspecified atom stereocenters. The fourth-order valence-electron chi connectivity index (χ4n) is 4.69. The number of benzene rings is 1. The maximum absolute atomic E-state index is 13.8. The van der Waals surface area contributed by atoms with Gasteiger partial charge in [-0.25, -0.2) is 17.5 Å². The van der Waals surface area contributed by atoms with Crippen molar-refractivity contribution in [3.8, 4) is 11.6 Å². The van der Waals surface area contributed by atoms with Gasteiger partial charge in [0.1, 0.15) is 8.07 Å². The van der Waals surface area contributed by atoms with Crippen LogP contribution in [0.15, 0.2) is 29.2 Å². The van der Waals surface area contributed by atoms with Gasteiger partial charge in [-0.15, -0.1) is 5.54 Å². The second-order valence-corrected chi connectivity index (χ2v) is 17.5. The number of nitrogens with zero attached hydrogens (tertiary/aromatic N) is 1. The van der Waals surface area contributed by atoms with Gasteiger partial charge in [-0.3, -0.25) is 0 Å². The van der Waals surface area contributed by atoms with Crippen LogP contribution < -0.4 is 0 Å². The van der Waals surface area contributed by atoms with Gasteiger partial charge >= 0.3 is 5.97 Å². The molecule has 5 nitrogen and oxygen atoms in total. The zero-order valence-corrected chi connectivity index (χ0v) is 23.9. The SMILES string of the molecule is CCOC(=O)[C@H](CC(C)C)N(C#C[Si](C(C)C)(C(C)C)C(C)C)S(=O)(=O)c1ccc(C)cc1. The summed E-state index contributed by atoms with van der Waals surface area (Å²) in [6.07, 6.45) is 0.332. The Labute approximate surface area is 203 Å². The molecule has 33 heavy (non-hydrogen) atoms. The summed E-state index contributed by atoms with van der Waals surface area (Å²) in [5.74, 6) is -0.471. The monoisotopic (exact) mass is 493 g/mol. The molecule has 1 aromatic carbocycles. The molecule has 0 aliphatic heterocycles. The van der Waals surface area contributed by atoms with Crippen LogP contribution in [0.25, 0.3) is 0 Å². The van der Waals surface area contributed by atoms with Crippen molar-refractivity contribution in [2.24, 2.45) is 5.92 Å². The van der Waals surface area contributed by atoms with Crippen molar-refractivity contribution in [1.29, 1.82) is 0 Å². The number of ether oxygens (including phenoxy) is 1. The Morgan fingerprint density at radius 1 is 0.970 bits per heavy atom. The molecular weight excluding hydrogens is 450 g/mol. The Morgan fingerprint density at radius 3 is 1.85 bits per heavy atom. The number of carbonyl (C=O) groups excluding carboxylic acids is 1. The van der Waals surface area contributed by atoms with Crippen LogP contribution >= 0.6 is 0 Å². The van der Waals surface area contributed by atoms with Gasteiger partial charge in [0.25, 0.3) is 10.0 Å². The summed E-state index contributed by atoms with van der Waals surface area (Å²) < 4.78 is 34.1. The number of hydrogen-bond donors (Lipinski definition) is 0. The molecule has 0 radical (unpaired) electrons. The number of hydrogen-bond acceptors (Lipinski definition) is 4. The zero-order chi connectivity index (χ0) is 25.6. The predicted octanol–water partition coefficient (Wildman–Crippen LogP) is 6.14. The first-order valence-electron chi connectivity index (χ1n) is 12.0. The highest BCUT2D eigenvalue weighted by Crippen LogP contribution is 2.41. The van der Waals surface area contributed by atoms with Crippen LogP contribution in [-0.2, 0) is 19.6 Å². The van der Waals surface area contributed by atoms with Gasteiger partial charge in [0.05, 0.1) is 11.5 Å². The molecule has 0 fully saturated rings. The highest BCUT2D eigenvalue weighted by atomic mass is 32.2. The smallest absolute Gasteiger partial charge is 0.330 e. The summed E-state index contributed by atoms with van der Waals surface area (Å²) in [6, 6.07) is 8.74. The van der Waals surface area contributed by atoms with Crippen molar-refractivity contribution in [3.05, 3.63) is 29.8 Å². The zero-order valence-electron chi connectivity index (χ0n) is 22.1. The topological polar surface area (TPSA) is 63.7 Å². The van der Waals surface area contributed by atoms with Gasteiger partial charge < -0.3 is 4.74 Å². The molecule has 0 aliphatic carbocycles. The molecule has 0 amide bonds. The standard InChI is InChI=1S/C26H43NO4SSi/c1-11-31-26(28)25(18-19(2)3)27(32(29,30)24-14-12-23(10)13-15-24)16-17-33(20(4)5,21(6)7)22(8)9/h12-15,19-22,25H,11,18H2,1-10H3/t25-/m0/s1. The molecule has 0 bridgehead atoms. The molecular formula is C26H43NO4SSi. The van der Waals surface area contributed by atoms with Crippen LogP contribution in [0.1, 0.15) is 74.3 Å². The van der Waals surface area contributed by atoms with Gasteiger partial charge in [-0.1, -0.05) is 73.1 Å². The number of carbonyl (C=O) groups is 1. The van der Waals surface area contributed by atoms with E-state index >= 15 is 0 Å². The van der Waals surface area contributed by atoms with Gasteiger partial charge in [-0.05, 0) is 54.9 Å². The average Bonchev–Trinajstić information content (AvgIpc) is 2.69. The molecule has 1 aromatic rings. The molecule has 1 atom stereocenters. The molecule has 0 aromatic heterocycles. The molecule has 186 valence electrons. The first kappa shape index (κ1) is 29.2. The highest BCUT2D eigenvalue weighted by Gasteiger charge is 2.43. The molecule has 0 heterocycles. The highest BCUT2D eigenvalue weighted by molar-refractivity contribution is 7.89. The van der Waals surface area contributed by atoms with E-state index in [4.69, 9.17) is 4.74 Å². The summed E-state index contributed by atoms with van der Waals surface area (Å²) in [6.45, 7) is 20.8. The lowest BCUT2D eigenvalue weighted by molar-refractivity contribution is -0.147. The van der Waals surface area contributed by atoms with Crippen molar-refractivity contribution in [2.45, 2.75) is 103 Å². The molecule has 0 aliphatic rings. The predicted molar refractivity (Wildman–Crippen MR) is 139 cm³/mol. The van der Waals surface area contributed by atoms with Crippen LogP contribution in [0.2, 0.25) is 16.6 Å². The van der Waals surface area contributed by atoms with Crippen LogP contribution in [-0.4, -0.2) is 39.4 Å². The van der Waals surface area contributed by atoms with E-state index in [9.17, 15) is 13.2 Å². The molecule has 7 heteroatoms. The lowest BCUT2D eigenvalue weighted by Gasteiger charge is -2.38. The minimum absolute atomic E-state index is 0.0826. The quantitative estimate of drug-likeness (QED) is 0.170. The van der Waals surface area contributed by atoms with E-state index in [2.05, 4.69) is 53.1 Å². The van der Waals surface area contributed by atoms with E-state index in [0.717, 1.165) is 9.87 Å².